The van der Waals surface area contributed by atoms with E-state index in [0.29, 0.717) is 9.98 Å². The van der Waals surface area contributed by atoms with Gasteiger partial charge in [0.05, 0.1) is 11.9 Å². The molecule has 0 amide bonds. The molecule has 0 bridgehead atoms. The number of alkyl halides is 1. The Morgan fingerprint density at radius 3 is 2.91 bits per heavy atom. The van der Waals surface area contributed by atoms with Crippen LogP contribution in [0.2, 0.25) is 5.15 Å². The van der Waals surface area contributed by atoms with Crippen LogP contribution >= 0.6 is 27.5 Å². The summed E-state index contributed by atoms with van der Waals surface area (Å²) in [5.41, 5.74) is 0.918. The van der Waals surface area contributed by atoms with Gasteiger partial charge in [0.2, 0.25) is 0 Å². The molecule has 1 atom stereocenters. The van der Waals surface area contributed by atoms with Crippen LogP contribution in [-0.4, -0.2) is 14.8 Å². The summed E-state index contributed by atoms with van der Waals surface area (Å²) in [4.78, 5) is 8.42. The van der Waals surface area contributed by atoms with Gasteiger partial charge >= 0.3 is 0 Å². The van der Waals surface area contributed by atoms with Gasteiger partial charge in [0.15, 0.2) is 0 Å². The van der Waals surface area contributed by atoms with Crippen LogP contribution < -0.4 is 0 Å². The second-order valence-electron chi connectivity index (χ2n) is 2.32. The van der Waals surface area contributed by atoms with Crippen LogP contribution in [0.25, 0.3) is 0 Å². The van der Waals surface area contributed by atoms with E-state index in [1.807, 2.05) is 0 Å². The minimum absolute atomic E-state index is 0.412. The number of nitrogens with zero attached hydrogens (tertiary/aromatic N) is 2. The van der Waals surface area contributed by atoms with Crippen molar-refractivity contribution in [2.75, 3.05) is 0 Å². The van der Waals surface area contributed by atoms with E-state index in [0.717, 1.165) is 12.1 Å². The van der Waals surface area contributed by atoms with Gasteiger partial charge in [0.1, 0.15) is 5.15 Å². The Balaban J connectivity index is 2.71. The Kier molecular flexibility index (Phi) is 3.27. The fraction of sp³-hybridized carbons (Fsp3) is 0.429. The van der Waals surface area contributed by atoms with E-state index >= 15 is 0 Å². The number of rotatable bonds is 2. The monoisotopic (exact) mass is 234 g/mol. The van der Waals surface area contributed by atoms with Gasteiger partial charge in [-0.1, -0.05) is 34.5 Å². The predicted octanol–water partition coefficient (Wildman–Crippen LogP) is 2.46. The molecule has 0 aromatic carbocycles. The summed E-state index contributed by atoms with van der Waals surface area (Å²) >= 11 is 9.06. The fourth-order valence-electron chi connectivity index (χ4n) is 0.766. The molecule has 60 valence electrons. The van der Waals surface area contributed by atoms with E-state index in [1.165, 1.54) is 6.20 Å². The van der Waals surface area contributed by atoms with Crippen LogP contribution in [0, 0.1) is 0 Å². The van der Waals surface area contributed by atoms with Gasteiger partial charge < -0.3 is 0 Å². The summed E-state index contributed by atoms with van der Waals surface area (Å²) in [5.74, 6) is 0. The highest BCUT2D eigenvalue weighted by molar-refractivity contribution is 9.09. The lowest BCUT2D eigenvalue weighted by Crippen LogP contribution is -1.99. The average molecular weight is 236 g/mol. The quantitative estimate of drug-likeness (QED) is 0.736. The van der Waals surface area contributed by atoms with Gasteiger partial charge in [-0.2, -0.15) is 0 Å². The molecule has 0 saturated carbocycles. The molecule has 0 spiro atoms. The normalized spacial score (nSPS) is 13.0. The molecule has 1 rings (SSSR count). The van der Waals surface area contributed by atoms with E-state index in [1.54, 1.807) is 6.20 Å². The first-order valence-electron chi connectivity index (χ1n) is 3.29. The van der Waals surface area contributed by atoms with E-state index in [2.05, 4.69) is 32.8 Å². The molecular weight excluding hydrogens is 227 g/mol. The molecule has 0 N–H and O–H groups in total. The van der Waals surface area contributed by atoms with E-state index in [4.69, 9.17) is 11.6 Å². The Morgan fingerprint density at radius 1 is 1.64 bits per heavy atom. The van der Waals surface area contributed by atoms with Crippen LogP contribution in [0.15, 0.2) is 12.4 Å². The molecule has 11 heavy (non-hydrogen) atoms. The lowest BCUT2D eigenvalue weighted by atomic mass is 10.3. The van der Waals surface area contributed by atoms with Crippen molar-refractivity contribution in [3.8, 4) is 0 Å². The summed E-state index contributed by atoms with van der Waals surface area (Å²) in [7, 11) is 0. The summed E-state index contributed by atoms with van der Waals surface area (Å²) in [6.45, 7) is 2.06. The Labute approximate surface area is 79.1 Å². The summed E-state index contributed by atoms with van der Waals surface area (Å²) in [5, 5.41) is 0.454. The van der Waals surface area contributed by atoms with Crippen molar-refractivity contribution in [3.05, 3.63) is 23.2 Å². The molecule has 2 nitrogen and oxygen atoms in total. The highest BCUT2D eigenvalue weighted by atomic mass is 79.9. The second kappa shape index (κ2) is 4.02. The zero-order valence-corrected chi connectivity index (χ0v) is 8.43. The Morgan fingerprint density at radius 2 is 2.36 bits per heavy atom. The first-order chi connectivity index (χ1) is 5.18. The molecule has 4 heteroatoms. The van der Waals surface area contributed by atoms with Gasteiger partial charge in [-0.05, 0) is 0 Å². The molecule has 0 aliphatic carbocycles. The van der Waals surface area contributed by atoms with Crippen molar-refractivity contribution in [1.82, 2.24) is 9.97 Å². The van der Waals surface area contributed by atoms with E-state index in [9.17, 15) is 0 Å². The minimum atomic E-state index is 0.412. The van der Waals surface area contributed by atoms with Gasteiger partial charge in [0.25, 0.3) is 0 Å². The third-order valence-electron chi connectivity index (χ3n) is 1.15. The zero-order valence-electron chi connectivity index (χ0n) is 6.09. The topological polar surface area (TPSA) is 25.8 Å². The van der Waals surface area contributed by atoms with Crippen LogP contribution in [0.5, 0.6) is 0 Å². The van der Waals surface area contributed by atoms with Crippen LogP contribution in [0.1, 0.15) is 12.6 Å². The molecule has 0 radical (unpaired) electrons. The lowest BCUT2D eigenvalue weighted by Gasteiger charge is -2.00. The standard InChI is InChI=1S/C7H8BrClN2/c1-5(8)2-6-3-10-4-7(9)11-6/h3-5H,2H2,1H3. The number of hydrogen-bond donors (Lipinski definition) is 0. The van der Waals surface area contributed by atoms with Crippen LogP contribution in [-0.2, 0) is 6.42 Å². The SMILES string of the molecule is CC(Br)Cc1cncc(Cl)n1. The molecule has 1 unspecified atom stereocenters. The summed E-state index contributed by atoms with van der Waals surface area (Å²) in [6, 6.07) is 0. The maximum absolute atomic E-state index is 5.64. The molecule has 0 saturated heterocycles. The summed E-state index contributed by atoms with van der Waals surface area (Å²) < 4.78 is 0. The maximum atomic E-state index is 5.64. The van der Waals surface area contributed by atoms with Crippen molar-refractivity contribution < 1.29 is 0 Å². The van der Waals surface area contributed by atoms with E-state index in [-0.39, 0.29) is 0 Å². The maximum Gasteiger partial charge on any atom is 0.147 e. The lowest BCUT2D eigenvalue weighted by molar-refractivity contribution is 0.899. The Bertz CT molecular complexity index is 240. The molecule has 0 aliphatic rings. The molecule has 1 aromatic rings. The summed E-state index contributed by atoms with van der Waals surface area (Å²) in [6.07, 6.45) is 4.11. The van der Waals surface area contributed by atoms with Gasteiger partial charge in [-0.15, -0.1) is 0 Å². The average Bonchev–Trinajstić information content (AvgIpc) is 1.85. The first-order valence-corrected chi connectivity index (χ1v) is 4.58. The third-order valence-corrected chi connectivity index (χ3v) is 1.65. The predicted molar refractivity (Wildman–Crippen MR) is 49.1 cm³/mol. The van der Waals surface area contributed by atoms with Crippen molar-refractivity contribution in [1.29, 1.82) is 0 Å². The van der Waals surface area contributed by atoms with Gasteiger partial charge in [-0.25, -0.2) is 4.98 Å². The van der Waals surface area contributed by atoms with Crippen molar-refractivity contribution in [2.24, 2.45) is 0 Å². The minimum Gasteiger partial charge on any atom is -0.260 e. The Hall–Kier alpha value is -0.150. The second-order valence-corrected chi connectivity index (χ2v) is 4.27. The number of halogens is 2. The highest BCUT2D eigenvalue weighted by Crippen LogP contribution is 2.08. The van der Waals surface area contributed by atoms with Crippen LogP contribution in [0.4, 0.5) is 0 Å². The van der Waals surface area contributed by atoms with E-state index < -0.39 is 0 Å². The van der Waals surface area contributed by atoms with Gasteiger partial charge in [0, 0.05) is 17.4 Å². The van der Waals surface area contributed by atoms with Crippen molar-refractivity contribution >= 4 is 27.5 Å². The fourth-order valence-corrected chi connectivity index (χ4v) is 1.26. The highest BCUT2D eigenvalue weighted by Gasteiger charge is 2.00. The number of hydrogen-bond acceptors (Lipinski definition) is 2. The third kappa shape index (κ3) is 3.16. The smallest absolute Gasteiger partial charge is 0.147 e. The molecular formula is C7H8BrClN2. The number of aromatic nitrogens is 2. The van der Waals surface area contributed by atoms with Crippen molar-refractivity contribution in [2.45, 2.75) is 18.2 Å². The van der Waals surface area contributed by atoms with Gasteiger partial charge in [-0.3, -0.25) is 4.98 Å². The zero-order chi connectivity index (χ0) is 8.27. The molecule has 1 aromatic heterocycles. The molecule has 0 aliphatic heterocycles. The molecule has 1 heterocycles. The van der Waals surface area contributed by atoms with Crippen LogP contribution in [0.3, 0.4) is 0 Å². The van der Waals surface area contributed by atoms with Crippen molar-refractivity contribution in [3.63, 3.8) is 0 Å². The molecule has 0 fully saturated rings. The largest absolute Gasteiger partial charge is 0.260 e. The first kappa shape index (κ1) is 8.94.